The Morgan fingerprint density at radius 3 is 2.08 bits per heavy atom. The first kappa shape index (κ1) is 17.8. The highest BCUT2D eigenvalue weighted by molar-refractivity contribution is 14.1. The Bertz CT molecular complexity index is 979. The molecule has 2 aromatic carbocycles. The molecule has 0 bridgehead atoms. The largest absolute Gasteiger partial charge is 0.346 e. The number of anilines is 1. The number of halogens is 1. The van der Waals surface area contributed by atoms with E-state index in [9.17, 15) is 0 Å². The molecule has 4 rings (SSSR count). The van der Waals surface area contributed by atoms with E-state index in [-0.39, 0.29) is 10.8 Å². The van der Waals surface area contributed by atoms with Crippen LogP contribution >= 0.6 is 22.6 Å². The van der Waals surface area contributed by atoms with E-state index in [2.05, 4.69) is 122 Å². The summed E-state index contributed by atoms with van der Waals surface area (Å²) in [7, 11) is 4.41. The molecule has 2 aliphatic heterocycles. The van der Waals surface area contributed by atoms with E-state index in [4.69, 9.17) is 0 Å². The standard InChI is InChI=1S/C23H26IN2/c1-22(2)15-11-7-9-13-17(15)25(5)20(22)19(24)21-23(3,4)16-12-8-10-14-18(16)26(21)6/h7-14H,1-6H3/q+1. The van der Waals surface area contributed by atoms with Gasteiger partial charge in [0.1, 0.15) is 10.6 Å². The van der Waals surface area contributed by atoms with Crippen LogP contribution in [-0.2, 0) is 10.8 Å². The lowest BCUT2D eigenvalue weighted by Crippen LogP contribution is -2.33. The van der Waals surface area contributed by atoms with Crippen molar-refractivity contribution in [2.45, 2.75) is 38.5 Å². The van der Waals surface area contributed by atoms with Gasteiger partial charge >= 0.3 is 0 Å². The van der Waals surface area contributed by atoms with Crippen LogP contribution in [-0.4, -0.2) is 24.4 Å². The molecule has 2 aromatic rings. The zero-order chi connectivity index (χ0) is 18.9. The van der Waals surface area contributed by atoms with Gasteiger partial charge in [-0.3, -0.25) is 0 Å². The van der Waals surface area contributed by atoms with Crippen LogP contribution in [0.1, 0.15) is 38.8 Å². The van der Waals surface area contributed by atoms with Crippen LogP contribution in [0.25, 0.3) is 0 Å². The van der Waals surface area contributed by atoms with Crippen molar-refractivity contribution in [1.29, 1.82) is 0 Å². The number of hydrogen-bond donors (Lipinski definition) is 0. The summed E-state index contributed by atoms with van der Waals surface area (Å²) in [5.41, 5.74) is 8.20. The Labute approximate surface area is 170 Å². The van der Waals surface area contributed by atoms with Crippen LogP contribution < -0.4 is 4.90 Å². The second-order valence-corrected chi connectivity index (χ2v) is 9.49. The topological polar surface area (TPSA) is 6.25 Å². The SMILES string of the molecule is CN1/C(=C(\I)C2=[N+](C)c3ccccc3C2(C)C)C(C)(C)c2ccccc21. The van der Waals surface area contributed by atoms with Crippen LogP contribution in [0, 0.1) is 0 Å². The van der Waals surface area contributed by atoms with Crippen LogP contribution in [0.15, 0.2) is 57.8 Å². The van der Waals surface area contributed by atoms with E-state index in [1.807, 2.05) is 0 Å². The van der Waals surface area contributed by atoms with Crippen molar-refractivity contribution in [1.82, 2.24) is 0 Å². The molecule has 0 aromatic heterocycles. The van der Waals surface area contributed by atoms with Gasteiger partial charge in [0.25, 0.3) is 0 Å². The monoisotopic (exact) mass is 457 g/mol. The van der Waals surface area contributed by atoms with Crippen molar-refractivity contribution in [3.63, 3.8) is 0 Å². The number of fused-ring (bicyclic) bond motifs is 2. The van der Waals surface area contributed by atoms with Gasteiger partial charge in [-0.05, 0) is 48.1 Å². The average molecular weight is 457 g/mol. The number of nitrogens with zero attached hydrogens (tertiary/aromatic N) is 2. The highest BCUT2D eigenvalue weighted by Crippen LogP contribution is 2.51. The molecular weight excluding hydrogens is 431 g/mol. The maximum absolute atomic E-state index is 2.58. The molecule has 0 aliphatic carbocycles. The molecule has 26 heavy (non-hydrogen) atoms. The number of benzene rings is 2. The van der Waals surface area contributed by atoms with Gasteiger partial charge in [-0.25, -0.2) is 0 Å². The van der Waals surface area contributed by atoms with Crippen molar-refractivity contribution in [3.05, 3.63) is 68.9 Å². The minimum absolute atomic E-state index is 0.0133. The zero-order valence-electron chi connectivity index (χ0n) is 16.4. The summed E-state index contributed by atoms with van der Waals surface area (Å²) in [4.78, 5) is 2.39. The maximum atomic E-state index is 2.58. The molecule has 0 radical (unpaired) electrons. The summed E-state index contributed by atoms with van der Waals surface area (Å²) in [5, 5.41) is 0. The maximum Gasteiger partial charge on any atom is 0.209 e. The number of allylic oxidation sites excluding steroid dienone is 2. The third kappa shape index (κ3) is 2.19. The first-order valence-electron chi connectivity index (χ1n) is 9.13. The van der Waals surface area contributed by atoms with Crippen molar-refractivity contribution >= 4 is 39.7 Å². The van der Waals surface area contributed by atoms with Gasteiger partial charge in [0.05, 0.1) is 5.41 Å². The molecule has 3 heteroatoms. The van der Waals surface area contributed by atoms with Crippen molar-refractivity contribution in [3.8, 4) is 0 Å². The molecule has 0 saturated heterocycles. The molecule has 0 amide bonds. The predicted octanol–water partition coefficient (Wildman–Crippen LogP) is 5.77. The van der Waals surface area contributed by atoms with Gasteiger partial charge in [0, 0.05) is 35.5 Å². The van der Waals surface area contributed by atoms with Gasteiger partial charge in [0.15, 0.2) is 0 Å². The normalized spacial score (nSPS) is 21.7. The van der Waals surface area contributed by atoms with Crippen LogP contribution in [0.5, 0.6) is 0 Å². The summed E-state index contributed by atoms with van der Waals surface area (Å²) in [6.07, 6.45) is 0. The molecule has 0 unspecified atom stereocenters. The van der Waals surface area contributed by atoms with Gasteiger partial charge in [0.2, 0.25) is 11.4 Å². The van der Waals surface area contributed by atoms with E-state index < -0.39 is 0 Å². The van der Waals surface area contributed by atoms with Crippen LogP contribution in [0.3, 0.4) is 0 Å². The molecule has 0 fully saturated rings. The fraction of sp³-hybridized carbons (Fsp3) is 0.348. The molecule has 2 heterocycles. The minimum atomic E-state index is -0.0133. The molecule has 0 N–H and O–H groups in total. The first-order valence-corrected chi connectivity index (χ1v) is 10.2. The summed E-state index contributed by atoms with van der Waals surface area (Å²) in [5.74, 6) is 0. The summed E-state index contributed by atoms with van der Waals surface area (Å²) >= 11 is 2.58. The van der Waals surface area contributed by atoms with Gasteiger partial charge in [-0.1, -0.05) is 50.2 Å². The lowest BCUT2D eigenvalue weighted by Gasteiger charge is -2.27. The number of rotatable bonds is 1. The third-order valence-electron chi connectivity index (χ3n) is 6.15. The number of likely N-dealkylation sites (N-methyl/N-ethyl adjacent to an activating group) is 1. The second-order valence-electron chi connectivity index (χ2n) is 8.41. The van der Waals surface area contributed by atoms with Crippen molar-refractivity contribution < 1.29 is 4.58 Å². The molecule has 2 nitrogen and oxygen atoms in total. The summed E-state index contributed by atoms with van der Waals surface area (Å²) < 4.78 is 3.74. The Hall–Kier alpha value is -1.62. The van der Waals surface area contributed by atoms with Gasteiger partial charge in [-0.2, -0.15) is 4.58 Å². The highest BCUT2D eigenvalue weighted by atomic mass is 127. The molecule has 0 atom stereocenters. The Kier molecular flexibility index (Phi) is 3.89. The summed E-state index contributed by atoms with van der Waals surface area (Å²) in [6.45, 7) is 9.38. The predicted molar refractivity (Wildman–Crippen MR) is 119 cm³/mol. The van der Waals surface area contributed by atoms with Gasteiger partial charge < -0.3 is 4.90 Å². The molecule has 2 aliphatic rings. The molecule has 134 valence electrons. The Balaban J connectivity index is 1.97. The van der Waals surface area contributed by atoms with E-state index in [0.29, 0.717) is 0 Å². The summed E-state index contributed by atoms with van der Waals surface area (Å²) in [6, 6.07) is 17.6. The smallest absolute Gasteiger partial charge is 0.209 e. The average Bonchev–Trinajstić information content (AvgIpc) is 2.93. The Morgan fingerprint density at radius 2 is 1.46 bits per heavy atom. The van der Waals surface area contributed by atoms with Crippen LogP contribution in [0.4, 0.5) is 11.4 Å². The quantitative estimate of drug-likeness (QED) is 0.390. The lowest BCUT2D eigenvalue weighted by atomic mass is 9.78. The fourth-order valence-corrected chi connectivity index (χ4v) is 6.95. The highest BCUT2D eigenvalue weighted by Gasteiger charge is 2.49. The molecular formula is C23H26IN2+. The lowest BCUT2D eigenvalue weighted by molar-refractivity contribution is -0.401. The third-order valence-corrected chi connectivity index (χ3v) is 7.17. The zero-order valence-corrected chi connectivity index (χ0v) is 18.5. The van der Waals surface area contributed by atoms with Crippen molar-refractivity contribution in [2.75, 3.05) is 19.0 Å². The molecule has 0 saturated carbocycles. The van der Waals surface area contributed by atoms with E-state index in [1.54, 1.807) is 0 Å². The molecule has 0 spiro atoms. The van der Waals surface area contributed by atoms with Crippen molar-refractivity contribution in [2.24, 2.45) is 0 Å². The van der Waals surface area contributed by atoms with Crippen LogP contribution in [0.2, 0.25) is 0 Å². The first-order chi connectivity index (χ1) is 12.2. The van der Waals surface area contributed by atoms with E-state index in [0.717, 1.165) is 0 Å². The Morgan fingerprint density at radius 1 is 0.885 bits per heavy atom. The number of para-hydroxylation sites is 2. The minimum Gasteiger partial charge on any atom is -0.346 e. The van der Waals surface area contributed by atoms with E-state index in [1.165, 1.54) is 37.5 Å². The van der Waals surface area contributed by atoms with E-state index >= 15 is 0 Å². The fourth-order valence-electron chi connectivity index (χ4n) is 4.88. The number of hydrogen-bond acceptors (Lipinski definition) is 1. The second kappa shape index (κ2) is 5.69. The van der Waals surface area contributed by atoms with Gasteiger partial charge in [-0.15, -0.1) is 0 Å².